The zero-order valence-corrected chi connectivity index (χ0v) is 18.7. The molecule has 1 unspecified atom stereocenters. The van der Waals surface area contributed by atoms with Gasteiger partial charge in [-0.1, -0.05) is 44.2 Å². The molecule has 1 heterocycles. The van der Waals surface area contributed by atoms with Crippen LogP contribution in [0.4, 0.5) is 14.5 Å². The highest BCUT2D eigenvalue weighted by atomic mass is 19.2. The first-order valence-corrected chi connectivity index (χ1v) is 10.8. The number of nitrogens with zero attached hydrogens (tertiary/aromatic N) is 1. The third-order valence-corrected chi connectivity index (χ3v) is 5.45. The molecule has 3 aromatic carbocycles. The van der Waals surface area contributed by atoms with E-state index in [4.69, 9.17) is 4.74 Å². The zero-order chi connectivity index (χ0) is 24.4. The topological polar surface area (TPSA) is 66.8 Å². The number of hydrogen-bond donors (Lipinski definition) is 1. The van der Waals surface area contributed by atoms with Crippen molar-refractivity contribution in [1.82, 2.24) is 0 Å². The van der Waals surface area contributed by atoms with Crippen LogP contribution < -0.4 is 9.64 Å². The second kappa shape index (κ2) is 9.47. The molecule has 0 bridgehead atoms. The van der Waals surface area contributed by atoms with Crippen LogP contribution in [0, 0.1) is 17.6 Å². The quantitative estimate of drug-likeness (QED) is 0.293. The first-order chi connectivity index (χ1) is 16.3. The first-order valence-electron chi connectivity index (χ1n) is 10.8. The maximum Gasteiger partial charge on any atom is 0.300 e. The number of carbonyl (C=O) groups excluding carboxylic acids is 2. The van der Waals surface area contributed by atoms with E-state index in [2.05, 4.69) is 0 Å². The van der Waals surface area contributed by atoms with Gasteiger partial charge in [-0.15, -0.1) is 0 Å². The molecule has 5 nitrogen and oxygen atoms in total. The van der Waals surface area contributed by atoms with E-state index in [9.17, 15) is 23.5 Å². The smallest absolute Gasteiger partial charge is 0.300 e. The van der Waals surface area contributed by atoms with E-state index in [0.29, 0.717) is 29.4 Å². The highest BCUT2D eigenvalue weighted by molar-refractivity contribution is 6.51. The number of amides is 1. The second-order valence-corrected chi connectivity index (χ2v) is 8.41. The van der Waals surface area contributed by atoms with Gasteiger partial charge in [0.15, 0.2) is 11.6 Å². The van der Waals surface area contributed by atoms with Crippen LogP contribution in [0.5, 0.6) is 5.75 Å². The lowest BCUT2D eigenvalue weighted by Gasteiger charge is -2.25. The van der Waals surface area contributed by atoms with E-state index in [1.165, 1.54) is 6.07 Å². The van der Waals surface area contributed by atoms with Gasteiger partial charge >= 0.3 is 0 Å². The summed E-state index contributed by atoms with van der Waals surface area (Å²) >= 11 is 0. The molecule has 1 saturated heterocycles. The van der Waals surface area contributed by atoms with E-state index in [1.54, 1.807) is 54.6 Å². The van der Waals surface area contributed by atoms with Crippen LogP contribution in [0.3, 0.4) is 0 Å². The van der Waals surface area contributed by atoms with Crippen LogP contribution in [0.25, 0.3) is 5.76 Å². The lowest BCUT2D eigenvalue weighted by atomic mass is 9.95. The summed E-state index contributed by atoms with van der Waals surface area (Å²) in [5, 5.41) is 11.1. The van der Waals surface area contributed by atoms with Crippen LogP contribution in [-0.2, 0) is 9.59 Å². The number of rotatable bonds is 6. The molecule has 1 fully saturated rings. The number of halogens is 2. The Labute approximate surface area is 195 Å². The minimum absolute atomic E-state index is 0.00587. The Balaban J connectivity index is 1.81. The molecule has 0 aliphatic carbocycles. The fourth-order valence-corrected chi connectivity index (χ4v) is 3.81. The molecule has 0 aromatic heterocycles. The fraction of sp³-hybridized carbons (Fsp3) is 0.185. The monoisotopic (exact) mass is 463 g/mol. The predicted molar refractivity (Wildman–Crippen MR) is 124 cm³/mol. The summed E-state index contributed by atoms with van der Waals surface area (Å²) in [4.78, 5) is 27.2. The summed E-state index contributed by atoms with van der Waals surface area (Å²) in [6.07, 6.45) is 0. The predicted octanol–water partition coefficient (Wildman–Crippen LogP) is 5.63. The molecule has 1 atom stereocenters. The van der Waals surface area contributed by atoms with Crippen molar-refractivity contribution in [3.05, 3.63) is 101 Å². The minimum Gasteiger partial charge on any atom is -0.507 e. The molecular formula is C27H23F2NO4. The van der Waals surface area contributed by atoms with E-state index in [0.717, 1.165) is 17.0 Å². The van der Waals surface area contributed by atoms with Gasteiger partial charge in [-0.25, -0.2) is 8.78 Å². The number of anilines is 1. The molecule has 0 saturated carbocycles. The average molecular weight is 463 g/mol. The number of carbonyl (C=O) groups is 2. The van der Waals surface area contributed by atoms with Gasteiger partial charge in [0.1, 0.15) is 11.5 Å². The van der Waals surface area contributed by atoms with Crippen molar-refractivity contribution in [3.8, 4) is 5.75 Å². The summed E-state index contributed by atoms with van der Waals surface area (Å²) in [7, 11) is 0. The Bertz CT molecular complexity index is 1250. The van der Waals surface area contributed by atoms with Crippen molar-refractivity contribution in [2.45, 2.75) is 19.9 Å². The molecule has 4 rings (SSSR count). The second-order valence-electron chi connectivity index (χ2n) is 8.41. The number of benzene rings is 3. The van der Waals surface area contributed by atoms with Crippen molar-refractivity contribution >= 4 is 23.1 Å². The largest absolute Gasteiger partial charge is 0.507 e. The van der Waals surface area contributed by atoms with E-state index < -0.39 is 29.4 Å². The Hall–Kier alpha value is -4.00. The van der Waals surface area contributed by atoms with Gasteiger partial charge in [0.05, 0.1) is 18.2 Å². The van der Waals surface area contributed by atoms with Crippen molar-refractivity contribution in [1.29, 1.82) is 0 Å². The summed E-state index contributed by atoms with van der Waals surface area (Å²) in [5.41, 5.74) is 0.717. The van der Waals surface area contributed by atoms with Crippen LogP contribution in [0.2, 0.25) is 0 Å². The molecule has 0 radical (unpaired) electrons. The molecule has 3 aromatic rings. The van der Waals surface area contributed by atoms with Gasteiger partial charge in [-0.3, -0.25) is 14.5 Å². The van der Waals surface area contributed by atoms with Crippen LogP contribution in [0.1, 0.15) is 31.0 Å². The molecule has 0 spiro atoms. The Morgan fingerprint density at radius 1 is 0.971 bits per heavy atom. The summed E-state index contributed by atoms with van der Waals surface area (Å²) in [6, 6.07) is 17.1. The summed E-state index contributed by atoms with van der Waals surface area (Å²) < 4.78 is 33.2. The van der Waals surface area contributed by atoms with Gasteiger partial charge in [-0.05, 0) is 47.9 Å². The molecular weight excluding hydrogens is 440 g/mol. The van der Waals surface area contributed by atoms with Gasteiger partial charge in [0, 0.05) is 17.3 Å². The molecule has 174 valence electrons. The number of hydrogen-bond acceptors (Lipinski definition) is 4. The van der Waals surface area contributed by atoms with Crippen molar-refractivity contribution < 1.29 is 28.2 Å². The van der Waals surface area contributed by atoms with Crippen molar-refractivity contribution in [2.24, 2.45) is 5.92 Å². The van der Waals surface area contributed by atoms with Gasteiger partial charge in [0.25, 0.3) is 11.7 Å². The molecule has 7 heteroatoms. The number of aliphatic hydroxyl groups is 1. The minimum atomic E-state index is -1.15. The number of ether oxygens (including phenoxy) is 1. The Morgan fingerprint density at radius 2 is 1.65 bits per heavy atom. The highest BCUT2D eigenvalue weighted by Crippen LogP contribution is 2.42. The maximum atomic E-state index is 14.0. The number of aliphatic hydroxyl groups excluding tert-OH is 1. The first kappa shape index (κ1) is 23.2. The molecule has 1 aliphatic rings. The summed E-state index contributed by atoms with van der Waals surface area (Å²) in [5.74, 6) is -3.51. The Morgan fingerprint density at radius 3 is 2.26 bits per heavy atom. The molecule has 34 heavy (non-hydrogen) atoms. The van der Waals surface area contributed by atoms with Crippen LogP contribution in [-0.4, -0.2) is 23.4 Å². The van der Waals surface area contributed by atoms with Crippen LogP contribution >= 0.6 is 0 Å². The van der Waals surface area contributed by atoms with E-state index in [1.807, 2.05) is 13.8 Å². The fourth-order valence-electron chi connectivity index (χ4n) is 3.81. The Kier molecular flexibility index (Phi) is 6.45. The lowest BCUT2D eigenvalue weighted by Crippen LogP contribution is -2.29. The molecule has 1 aliphatic heterocycles. The zero-order valence-electron chi connectivity index (χ0n) is 18.7. The van der Waals surface area contributed by atoms with Gasteiger partial charge in [-0.2, -0.15) is 0 Å². The number of Topliss-reactive ketones (excluding diaryl/α,β-unsaturated/α-hetero) is 1. The van der Waals surface area contributed by atoms with E-state index >= 15 is 0 Å². The SMILES string of the molecule is CC(C)COc1ccc(/C(O)=C2\C(=O)C(=O)N(c3ccc(F)c(F)c3)C2c2ccccc2)cc1. The third kappa shape index (κ3) is 4.41. The molecule has 1 N–H and O–H groups in total. The highest BCUT2D eigenvalue weighted by Gasteiger charge is 2.47. The van der Waals surface area contributed by atoms with Gasteiger partial charge < -0.3 is 9.84 Å². The summed E-state index contributed by atoms with van der Waals surface area (Å²) in [6.45, 7) is 4.57. The van der Waals surface area contributed by atoms with E-state index in [-0.39, 0.29) is 17.0 Å². The van der Waals surface area contributed by atoms with Crippen LogP contribution in [0.15, 0.2) is 78.4 Å². The maximum absolute atomic E-state index is 14.0. The molecule has 1 amide bonds. The standard InChI is InChI=1S/C27H23F2NO4/c1-16(2)15-34-20-11-8-18(9-12-20)25(31)23-24(17-6-4-3-5-7-17)30(27(33)26(23)32)19-10-13-21(28)22(29)14-19/h3-14,16,24,31H,15H2,1-2H3/b25-23+. The lowest BCUT2D eigenvalue weighted by molar-refractivity contribution is -0.132. The normalized spacial score (nSPS) is 17.4. The number of ketones is 1. The van der Waals surface area contributed by atoms with Crippen molar-refractivity contribution in [3.63, 3.8) is 0 Å². The average Bonchev–Trinajstić information content (AvgIpc) is 3.10. The third-order valence-electron chi connectivity index (χ3n) is 5.45. The van der Waals surface area contributed by atoms with Crippen molar-refractivity contribution in [2.75, 3.05) is 11.5 Å². The van der Waals surface area contributed by atoms with Gasteiger partial charge in [0.2, 0.25) is 0 Å².